The van der Waals surface area contributed by atoms with Crippen LogP contribution in [0, 0.1) is 0 Å². The summed E-state index contributed by atoms with van der Waals surface area (Å²) in [5.41, 5.74) is 2.24. The van der Waals surface area contributed by atoms with Crippen LogP contribution in [-0.2, 0) is 0 Å². The lowest BCUT2D eigenvalue weighted by atomic mass is 10.1. The summed E-state index contributed by atoms with van der Waals surface area (Å²) >= 11 is 11.7. The van der Waals surface area contributed by atoms with E-state index in [1.165, 1.54) is 19.3 Å². The number of rotatable bonds is 4. The van der Waals surface area contributed by atoms with Gasteiger partial charge in [0.1, 0.15) is 5.75 Å². The van der Waals surface area contributed by atoms with Crippen LogP contribution in [0.15, 0.2) is 42.5 Å². The van der Waals surface area contributed by atoms with Crippen LogP contribution in [0.2, 0.25) is 5.02 Å². The molecule has 1 aliphatic rings. The van der Waals surface area contributed by atoms with Gasteiger partial charge in [0.25, 0.3) is 5.91 Å². The normalized spacial score (nSPS) is 13.8. The SMILES string of the molecule is COc1cccc(C(=O)NC(=S)Nc2ccc(N3CCCCC3)c(Cl)c2)c1. The maximum absolute atomic E-state index is 12.3. The molecule has 3 rings (SSSR count). The average molecular weight is 404 g/mol. The second kappa shape index (κ2) is 9.06. The summed E-state index contributed by atoms with van der Waals surface area (Å²) in [4.78, 5) is 14.6. The van der Waals surface area contributed by atoms with Gasteiger partial charge in [0, 0.05) is 24.3 Å². The van der Waals surface area contributed by atoms with E-state index in [1.807, 2.05) is 18.2 Å². The molecule has 5 nitrogen and oxygen atoms in total. The Labute approximate surface area is 169 Å². The van der Waals surface area contributed by atoms with E-state index in [0.717, 1.165) is 24.5 Å². The number of benzene rings is 2. The van der Waals surface area contributed by atoms with Gasteiger partial charge in [-0.05, 0) is 67.9 Å². The van der Waals surface area contributed by atoms with Crippen molar-refractivity contribution < 1.29 is 9.53 Å². The molecule has 1 saturated heterocycles. The van der Waals surface area contributed by atoms with Crippen LogP contribution in [0.1, 0.15) is 29.6 Å². The van der Waals surface area contributed by atoms with Gasteiger partial charge in [0.15, 0.2) is 5.11 Å². The molecular weight excluding hydrogens is 382 g/mol. The van der Waals surface area contributed by atoms with E-state index in [1.54, 1.807) is 31.4 Å². The van der Waals surface area contributed by atoms with E-state index in [-0.39, 0.29) is 11.0 Å². The predicted octanol–water partition coefficient (Wildman–Crippen LogP) is 4.47. The van der Waals surface area contributed by atoms with E-state index < -0.39 is 0 Å². The summed E-state index contributed by atoms with van der Waals surface area (Å²) in [6, 6.07) is 12.6. The molecule has 1 amide bonds. The lowest BCUT2D eigenvalue weighted by molar-refractivity contribution is 0.0977. The largest absolute Gasteiger partial charge is 0.497 e. The highest BCUT2D eigenvalue weighted by Crippen LogP contribution is 2.30. The van der Waals surface area contributed by atoms with Crippen molar-refractivity contribution in [3.8, 4) is 5.75 Å². The van der Waals surface area contributed by atoms with Crippen molar-refractivity contribution in [1.29, 1.82) is 0 Å². The Morgan fingerprint density at radius 3 is 2.63 bits per heavy atom. The fraction of sp³-hybridized carbons (Fsp3) is 0.300. The monoisotopic (exact) mass is 403 g/mol. The van der Waals surface area contributed by atoms with Gasteiger partial charge in [-0.3, -0.25) is 10.1 Å². The first kappa shape index (κ1) is 19.5. The lowest BCUT2D eigenvalue weighted by Gasteiger charge is -2.29. The summed E-state index contributed by atoms with van der Waals surface area (Å²) in [6.45, 7) is 2.06. The van der Waals surface area contributed by atoms with E-state index in [9.17, 15) is 4.79 Å². The molecule has 142 valence electrons. The zero-order valence-corrected chi connectivity index (χ0v) is 16.7. The zero-order valence-electron chi connectivity index (χ0n) is 15.1. The summed E-state index contributed by atoms with van der Waals surface area (Å²) in [6.07, 6.45) is 3.66. The van der Waals surface area contributed by atoms with Crippen LogP contribution < -0.4 is 20.3 Å². The molecule has 0 atom stereocenters. The number of halogens is 1. The van der Waals surface area contributed by atoms with Gasteiger partial charge in [-0.2, -0.15) is 0 Å². The number of methoxy groups -OCH3 is 1. The Kier molecular flexibility index (Phi) is 6.53. The van der Waals surface area contributed by atoms with Crippen molar-refractivity contribution in [2.45, 2.75) is 19.3 Å². The molecule has 7 heteroatoms. The third-order valence-electron chi connectivity index (χ3n) is 4.46. The number of thiocarbonyl (C=S) groups is 1. The standard InChI is InChI=1S/C20H22ClN3O2S/c1-26-16-7-5-6-14(12-16)19(25)23-20(27)22-15-8-9-18(17(21)13-15)24-10-3-2-4-11-24/h5-9,12-13H,2-4,10-11H2,1H3,(H2,22,23,25,27). The van der Waals surface area contributed by atoms with Crippen LogP contribution >= 0.6 is 23.8 Å². The van der Waals surface area contributed by atoms with Gasteiger partial charge in [0.2, 0.25) is 0 Å². The molecule has 0 aliphatic carbocycles. The molecule has 1 heterocycles. The number of carbonyl (C=O) groups excluding carboxylic acids is 1. The summed E-state index contributed by atoms with van der Waals surface area (Å²) < 4.78 is 5.13. The van der Waals surface area contributed by atoms with Gasteiger partial charge in [-0.25, -0.2) is 0 Å². The number of anilines is 2. The van der Waals surface area contributed by atoms with E-state index in [2.05, 4.69) is 15.5 Å². The third kappa shape index (κ3) is 5.11. The quantitative estimate of drug-likeness (QED) is 0.738. The number of carbonyl (C=O) groups is 1. The molecule has 1 aliphatic heterocycles. The first-order valence-corrected chi connectivity index (χ1v) is 9.66. The summed E-state index contributed by atoms with van der Waals surface area (Å²) in [7, 11) is 1.56. The molecule has 0 aromatic heterocycles. The fourth-order valence-corrected chi connectivity index (χ4v) is 3.59. The number of nitrogens with zero attached hydrogens (tertiary/aromatic N) is 1. The number of nitrogens with one attached hydrogen (secondary N) is 2. The zero-order chi connectivity index (χ0) is 19.2. The molecule has 1 fully saturated rings. The van der Waals surface area contributed by atoms with E-state index in [4.69, 9.17) is 28.6 Å². The smallest absolute Gasteiger partial charge is 0.257 e. The van der Waals surface area contributed by atoms with Crippen molar-refractivity contribution in [3.63, 3.8) is 0 Å². The Balaban J connectivity index is 1.61. The average Bonchev–Trinajstić information content (AvgIpc) is 2.68. The van der Waals surface area contributed by atoms with Crippen molar-refractivity contribution in [3.05, 3.63) is 53.1 Å². The number of hydrogen-bond acceptors (Lipinski definition) is 4. The highest BCUT2D eigenvalue weighted by atomic mass is 35.5. The van der Waals surface area contributed by atoms with E-state index in [0.29, 0.717) is 16.3 Å². The van der Waals surface area contributed by atoms with Crippen LogP contribution in [-0.4, -0.2) is 31.2 Å². The molecule has 2 N–H and O–H groups in total. The van der Waals surface area contributed by atoms with Crippen LogP contribution in [0.4, 0.5) is 11.4 Å². The number of hydrogen-bond donors (Lipinski definition) is 2. The van der Waals surface area contributed by atoms with Crippen LogP contribution in [0.3, 0.4) is 0 Å². The summed E-state index contributed by atoms with van der Waals surface area (Å²) in [5, 5.41) is 6.56. The van der Waals surface area contributed by atoms with Crippen LogP contribution in [0.5, 0.6) is 5.75 Å². The molecule has 0 unspecified atom stereocenters. The topological polar surface area (TPSA) is 53.6 Å². The number of amides is 1. The molecule has 2 aromatic carbocycles. The minimum absolute atomic E-state index is 0.213. The highest BCUT2D eigenvalue weighted by molar-refractivity contribution is 7.80. The van der Waals surface area contributed by atoms with Gasteiger partial charge >= 0.3 is 0 Å². The van der Waals surface area contributed by atoms with E-state index >= 15 is 0 Å². The third-order valence-corrected chi connectivity index (χ3v) is 4.97. The molecule has 27 heavy (non-hydrogen) atoms. The van der Waals surface area contributed by atoms with Crippen molar-refractivity contribution >= 4 is 46.2 Å². The summed E-state index contributed by atoms with van der Waals surface area (Å²) in [5.74, 6) is 0.309. The number of piperidine rings is 1. The predicted molar refractivity (Wildman–Crippen MR) is 114 cm³/mol. The molecule has 0 radical (unpaired) electrons. The molecule has 0 saturated carbocycles. The maximum atomic E-state index is 12.3. The highest BCUT2D eigenvalue weighted by Gasteiger charge is 2.15. The second-order valence-electron chi connectivity index (χ2n) is 6.35. The fourth-order valence-electron chi connectivity index (χ4n) is 3.08. The van der Waals surface area contributed by atoms with Crippen LogP contribution in [0.25, 0.3) is 0 Å². The lowest BCUT2D eigenvalue weighted by Crippen LogP contribution is -2.34. The minimum atomic E-state index is -0.303. The maximum Gasteiger partial charge on any atom is 0.257 e. The molecular formula is C20H22ClN3O2S. The first-order valence-electron chi connectivity index (χ1n) is 8.88. The Bertz CT molecular complexity index is 838. The van der Waals surface area contributed by atoms with Gasteiger partial charge < -0.3 is 15.0 Å². The van der Waals surface area contributed by atoms with Crippen molar-refractivity contribution in [2.75, 3.05) is 30.4 Å². The molecule has 0 spiro atoms. The Morgan fingerprint density at radius 1 is 1.15 bits per heavy atom. The minimum Gasteiger partial charge on any atom is -0.497 e. The van der Waals surface area contributed by atoms with Gasteiger partial charge in [0.05, 0.1) is 17.8 Å². The number of ether oxygens (including phenoxy) is 1. The Hall–Kier alpha value is -2.31. The van der Waals surface area contributed by atoms with Crippen molar-refractivity contribution in [2.24, 2.45) is 0 Å². The first-order chi connectivity index (χ1) is 13.1. The molecule has 2 aromatic rings. The van der Waals surface area contributed by atoms with Crippen molar-refractivity contribution in [1.82, 2.24) is 5.32 Å². The molecule has 0 bridgehead atoms. The van der Waals surface area contributed by atoms with Gasteiger partial charge in [-0.1, -0.05) is 17.7 Å². The Morgan fingerprint density at radius 2 is 1.93 bits per heavy atom. The van der Waals surface area contributed by atoms with Gasteiger partial charge in [-0.15, -0.1) is 0 Å². The second-order valence-corrected chi connectivity index (χ2v) is 7.17.